The van der Waals surface area contributed by atoms with Crippen molar-refractivity contribution in [3.8, 4) is 11.3 Å². The van der Waals surface area contributed by atoms with Gasteiger partial charge in [0.15, 0.2) is 0 Å². The third-order valence-electron chi connectivity index (χ3n) is 7.39. The van der Waals surface area contributed by atoms with Crippen molar-refractivity contribution in [3.63, 3.8) is 0 Å². The van der Waals surface area contributed by atoms with Gasteiger partial charge in [-0.15, -0.1) is 0 Å². The molecule has 2 saturated carbocycles. The van der Waals surface area contributed by atoms with Crippen LogP contribution in [-0.4, -0.2) is 38.5 Å². The zero-order valence-electron chi connectivity index (χ0n) is 18.5. The van der Waals surface area contributed by atoms with Gasteiger partial charge in [0.1, 0.15) is 0 Å². The topological polar surface area (TPSA) is 71.0 Å². The van der Waals surface area contributed by atoms with E-state index in [4.69, 9.17) is 9.97 Å². The standard InChI is InChI=1S/C25H27N5OS/c1-3-32(31)19-4-5-20-22(13-19)30(16-24(20)7-8-24)23-28-14-17(15-29-23)21-12-18(6-11-27-21)25(26-2)9-10-25/h4-6,11-15,26H,3,7-10,16H2,1-2H3. The van der Waals surface area contributed by atoms with Crippen molar-refractivity contribution >= 4 is 22.4 Å². The molecule has 2 aromatic heterocycles. The highest BCUT2D eigenvalue weighted by Crippen LogP contribution is 2.58. The lowest BCUT2D eigenvalue weighted by atomic mass is 9.99. The number of rotatable bonds is 6. The number of nitrogens with one attached hydrogen (secondary N) is 1. The fourth-order valence-corrected chi connectivity index (χ4v) is 5.80. The Kier molecular flexibility index (Phi) is 4.49. The number of aromatic nitrogens is 3. The molecule has 3 heterocycles. The van der Waals surface area contributed by atoms with Gasteiger partial charge in [0.2, 0.25) is 5.95 Å². The van der Waals surface area contributed by atoms with Gasteiger partial charge in [0.05, 0.1) is 16.5 Å². The van der Waals surface area contributed by atoms with Crippen LogP contribution in [0.3, 0.4) is 0 Å². The Hall–Kier alpha value is -2.64. The summed E-state index contributed by atoms with van der Waals surface area (Å²) in [5.41, 5.74) is 5.87. The van der Waals surface area contributed by atoms with E-state index in [0.29, 0.717) is 11.7 Å². The molecule has 0 amide bonds. The van der Waals surface area contributed by atoms with Crippen LogP contribution < -0.4 is 10.2 Å². The van der Waals surface area contributed by atoms with Gasteiger partial charge in [-0.3, -0.25) is 9.19 Å². The Labute approximate surface area is 191 Å². The molecule has 1 spiro atoms. The van der Waals surface area contributed by atoms with E-state index in [2.05, 4.69) is 39.5 Å². The van der Waals surface area contributed by atoms with Crippen molar-refractivity contribution in [1.29, 1.82) is 0 Å². The quantitative estimate of drug-likeness (QED) is 0.617. The number of pyridine rings is 1. The molecule has 3 aliphatic rings. The molecule has 3 aromatic rings. The SMILES string of the molecule is CCS(=O)c1ccc2c(c1)N(c1ncc(-c3cc(C4(NC)CC4)ccn3)cn1)CC21CC1. The molecular weight excluding hydrogens is 418 g/mol. The third-order valence-corrected chi connectivity index (χ3v) is 8.69. The summed E-state index contributed by atoms with van der Waals surface area (Å²) in [6.45, 7) is 2.85. The van der Waals surface area contributed by atoms with E-state index >= 15 is 0 Å². The molecule has 0 saturated heterocycles. The van der Waals surface area contributed by atoms with Gasteiger partial charge < -0.3 is 10.2 Å². The number of fused-ring (bicyclic) bond motifs is 2. The predicted molar refractivity (Wildman–Crippen MR) is 127 cm³/mol. The Bertz CT molecular complexity index is 1220. The van der Waals surface area contributed by atoms with Gasteiger partial charge in [0, 0.05) is 58.0 Å². The zero-order chi connectivity index (χ0) is 21.9. The van der Waals surface area contributed by atoms with E-state index in [9.17, 15) is 4.21 Å². The van der Waals surface area contributed by atoms with Crippen LogP contribution in [0.15, 0.2) is 53.8 Å². The second kappa shape index (κ2) is 7.18. The molecule has 1 aromatic carbocycles. The summed E-state index contributed by atoms with van der Waals surface area (Å²) in [6, 6.07) is 10.5. The molecule has 1 unspecified atom stereocenters. The first-order chi connectivity index (χ1) is 15.6. The second-order valence-electron chi connectivity index (χ2n) is 9.21. The maximum Gasteiger partial charge on any atom is 0.229 e. The summed E-state index contributed by atoms with van der Waals surface area (Å²) >= 11 is 0. The van der Waals surface area contributed by atoms with Gasteiger partial charge >= 0.3 is 0 Å². The van der Waals surface area contributed by atoms with Gasteiger partial charge in [-0.05, 0) is 68.1 Å². The van der Waals surface area contributed by atoms with E-state index in [-0.39, 0.29) is 11.0 Å². The van der Waals surface area contributed by atoms with E-state index < -0.39 is 10.8 Å². The highest BCUT2D eigenvalue weighted by Gasteiger charge is 2.52. The summed E-state index contributed by atoms with van der Waals surface area (Å²) in [6.07, 6.45) is 10.3. The Morgan fingerprint density at radius 2 is 1.84 bits per heavy atom. The lowest BCUT2D eigenvalue weighted by Crippen LogP contribution is -2.24. The average molecular weight is 446 g/mol. The predicted octanol–water partition coefficient (Wildman–Crippen LogP) is 4.06. The number of anilines is 2. The van der Waals surface area contributed by atoms with E-state index in [1.54, 1.807) is 0 Å². The number of nitrogens with zero attached hydrogens (tertiary/aromatic N) is 4. The first-order valence-electron chi connectivity index (χ1n) is 11.4. The second-order valence-corrected chi connectivity index (χ2v) is 11.0. The molecule has 164 valence electrons. The molecule has 1 N–H and O–H groups in total. The number of hydrogen-bond acceptors (Lipinski definition) is 6. The number of hydrogen-bond donors (Lipinski definition) is 1. The van der Waals surface area contributed by atoms with Gasteiger partial charge in [-0.1, -0.05) is 13.0 Å². The maximum atomic E-state index is 12.4. The lowest BCUT2D eigenvalue weighted by molar-refractivity contribution is 0.585. The summed E-state index contributed by atoms with van der Waals surface area (Å²) in [7, 11) is 1.05. The molecule has 2 aliphatic carbocycles. The molecule has 7 heteroatoms. The molecule has 0 radical (unpaired) electrons. The summed E-state index contributed by atoms with van der Waals surface area (Å²) in [5.74, 6) is 1.32. The van der Waals surface area contributed by atoms with Crippen molar-refractivity contribution in [3.05, 3.63) is 60.0 Å². The van der Waals surface area contributed by atoms with Crippen LogP contribution in [-0.2, 0) is 21.8 Å². The Morgan fingerprint density at radius 3 is 2.50 bits per heavy atom. The first-order valence-corrected chi connectivity index (χ1v) is 12.7. The van der Waals surface area contributed by atoms with Crippen LogP contribution in [0, 0.1) is 0 Å². The van der Waals surface area contributed by atoms with Gasteiger partial charge in [-0.2, -0.15) is 0 Å². The van der Waals surface area contributed by atoms with E-state index in [1.165, 1.54) is 24.0 Å². The first kappa shape index (κ1) is 20.0. The summed E-state index contributed by atoms with van der Waals surface area (Å²) in [4.78, 5) is 17.1. The molecule has 2 fully saturated rings. The Balaban J connectivity index is 1.32. The van der Waals surface area contributed by atoms with E-state index in [1.807, 2.05) is 38.6 Å². The molecule has 6 nitrogen and oxygen atoms in total. The molecular formula is C25H27N5OS. The summed E-state index contributed by atoms with van der Waals surface area (Å²) in [5, 5.41) is 3.45. The minimum absolute atomic E-state index is 0.104. The van der Waals surface area contributed by atoms with Crippen LogP contribution >= 0.6 is 0 Å². The Morgan fingerprint density at radius 1 is 1.06 bits per heavy atom. The van der Waals surface area contributed by atoms with Crippen LogP contribution in [0.5, 0.6) is 0 Å². The summed E-state index contributed by atoms with van der Waals surface area (Å²) < 4.78 is 12.4. The van der Waals surface area contributed by atoms with Crippen LogP contribution in [0.2, 0.25) is 0 Å². The van der Waals surface area contributed by atoms with Gasteiger partial charge in [-0.25, -0.2) is 9.97 Å². The van der Waals surface area contributed by atoms with Crippen LogP contribution in [0.1, 0.15) is 43.7 Å². The zero-order valence-corrected chi connectivity index (χ0v) is 19.3. The minimum atomic E-state index is -0.973. The van der Waals surface area contributed by atoms with Gasteiger partial charge in [0.25, 0.3) is 0 Å². The normalized spacial score (nSPS) is 20.2. The third kappa shape index (κ3) is 3.10. The lowest BCUT2D eigenvalue weighted by Gasteiger charge is -2.18. The monoisotopic (exact) mass is 445 g/mol. The van der Waals surface area contributed by atoms with Crippen molar-refractivity contribution in [2.75, 3.05) is 24.2 Å². The largest absolute Gasteiger partial charge is 0.310 e. The van der Waals surface area contributed by atoms with Crippen molar-refractivity contribution < 1.29 is 4.21 Å². The van der Waals surface area contributed by atoms with Crippen molar-refractivity contribution in [1.82, 2.24) is 20.3 Å². The molecule has 1 atom stereocenters. The maximum absolute atomic E-state index is 12.4. The average Bonchev–Trinajstić information content (AvgIpc) is 3.77. The number of benzene rings is 1. The molecule has 32 heavy (non-hydrogen) atoms. The molecule has 0 bridgehead atoms. The highest BCUT2D eigenvalue weighted by atomic mass is 32.2. The molecule has 1 aliphatic heterocycles. The minimum Gasteiger partial charge on any atom is -0.310 e. The highest BCUT2D eigenvalue weighted by molar-refractivity contribution is 7.85. The van der Waals surface area contributed by atoms with Crippen LogP contribution in [0.4, 0.5) is 11.6 Å². The molecule has 6 rings (SSSR count). The van der Waals surface area contributed by atoms with Crippen molar-refractivity contribution in [2.24, 2.45) is 0 Å². The van der Waals surface area contributed by atoms with Crippen LogP contribution in [0.25, 0.3) is 11.3 Å². The fourth-order valence-electron chi connectivity index (χ4n) is 5.01. The fraction of sp³-hybridized carbons (Fsp3) is 0.400. The van der Waals surface area contributed by atoms with E-state index in [0.717, 1.165) is 41.2 Å². The smallest absolute Gasteiger partial charge is 0.229 e. The van der Waals surface area contributed by atoms with Crippen molar-refractivity contribution in [2.45, 2.75) is 48.5 Å².